The number of hydrogen-bond donors (Lipinski definition) is 0. The fourth-order valence-corrected chi connectivity index (χ4v) is 4.30. The molecule has 0 spiro atoms. The molecule has 0 aliphatic carbocycles. The molecule has 138 valence electrons. The lowest BCUT2D eigenvalue weighted by molar-refractivity contribution is 0.609. The van der Waals surface area contributed by atoms with Gasteiger partial charge in [-0.3, -0.25) is 0 Å². The fraction of sp³-hybridized carbons (Fsp3) is 0.200. The van der Waals surface area contributed by atoms with E-state index >= 15 is 0 Å². The van der Waals surface area contributed by atoms with Crippen molar-refractivity contribution in [1.82, 2.24) is 9.97 Å². The van der Waals surface area contributed by atoms with Crippen molar-refractivity contribution in [3.63, 3.8) is 0 Å². The zero-order valence-corrected chi connectivity index (χ0v) is 16.5. The van der Waals surface area contributed by atoms with Crippen LogP contribution in [0.2, 0.25) is 0 Å². The summed E-state index contributed by atoms with van der Waals surface area (Å²) in [5, 5.41) is 0. The van der Waals surface area contributed by atoms with Gasteiger partial charge in [0, 0.05) is 39.7 Å². The molecule has 7 heteroatoms. The van der Waals surface area contributed by atoms with Gasteiger partial charge in [0.2, 0.25) is 0 Å². The maximum Gasteiger partial charge on any atom is 0.261 e. The van der Waals surface area contributed by atoms with Crippen LogP contribution in [0.4, 0.5) is 11.5 Å². The Morgan fingerprint density at radius 1 is 1.07 bits per heavy atom. The van der Waals surface area contributed by atoms with E-state index in [2.05, 4.69) is 16.8 Å². The van der Waals surface area contributed by atoms with Crippen LogP contribution < -0.4 is 4.90 Å². The monoisotopic (exact) mass is 399 g/mol. The predicted molar refractivity (Wildman–Crippen MR) is 107 cm³/mol. The van der Waals surface area contributed by atoms with Gasteiger partial charge in [-0.2, -0.15) is 0 Å². The van der Waals surface area contributed by atoms with Crippen LogP contribution in [0.1, 0.15) is 18.2 Å². The van der Waals surface area contributed by atoms with Crippen LogP contribution in [0.3, 0.4) is 0 Å². The molecule has 0 saturated heterocycles. The van der Waals surface area contributed by atoms with Gasteiger partial charge in [-0.15, -0.1) is 0 Å². The summed E-state index contributed by atoms with van der Waals surface area (Å²) in [4.78, 5) is 11.6. The summed E-state index contributed by atoms with van der Waals surface area (Å²) in [6.45, 7) is 4.04. The third kappa shape index (κ3) is 3.42. The van der Waals surface area contributed by atoms with Gasteiger partial charge in [-0.05, 0) is 44.0 Å². The van der Waals surface area contributed by atoms with Crippen molar-refractivity contribution in [1.29, 1.82) is 0 Å². The lowest BCUT2D eigenvalue weighted by Gasteiger charge is -2.24. The molecular formula is C20H18ClN3O2S. The number of rotatable bonds is 3. The molecule has 2 aromatic carbocycles. The summed E-state index contributed by atoms with van der Waals surface area (Å²) in [5.41, 5.74) is 3.72. The number of anilines is 2. The molecule has 4 rings (SSSR count). The molecule has 0 saturated carbocycles. The standard InChI is InChI=1S/C20H18ClN3O2S/c1-13-10-19(23-20(22-13)15-6-4-3-5-7-15)24-14(2)11-16-12-17(27(21,25)26)8-9-18(16)24/h3-10,12,14H,11H2,1-2H3. The van der Waals surface area contributed by atoms with Gasteiger partial charge in [-0.25, -0.2) is 18.4 Å². The molecule has 3 aromatic rings. The minimum Gasteiger partial charge on any atom is -0.323 e. The molecular weight excluding hydrogens is 382 g/mol. The first-order valence-corrected chi connectivity index (χ1v) is 10.9. The first-order chi connectivity index (χ1) is 12.8. The number of hydrogen-bond acceptors (Lipinski definition) is 5. The molecule has 2 heterocycles. The third-order valence-electron chi connectivity index (χ3n) is 4.67. The van der Waals surface area contributed by atoms with Crippen molar-refractivity contribution in [3.8, 4) is 11.4 Å². The highest BCUT2D eigenvalue weighted by Gasteiger charge is 2.30. The van der Waals surface area contributed by atoms with Crippen molar-refractivity contribution in [2.75, 3.05) is 4.90 Å². The highest BCUT2D eigenvalue weighted by atomic mass is 35.7. The van der Waals surface area contributed by atoms with Crippen molar-refractivity contribution in [2.24, 2.45) is 0 Å². The van der Waals surface area contributed by atoms with Gasteiger partial charge in [0.1, 0.15) is 5.82 Å². The van der Waals surface area contributed by atoms with E-state index < -0.39 is 9.05 Å². The number of aryl methyl sites for hydroxylation is 1. The lowest BCUT2D eigenvalue weighted by atomic mass is 10.1. The van der Waals surface area contributed by atoms with Crippen molar-refractivity contribution in [3.05, 3.63) is 65.9 Å². The average Bonchev–Trinajstić information content (AvgIpc) is 2.96. The fourth-order valence-electron chi connectivity index (χ4n) is 3.50. The van der Waals surface area contributed by atoms with Crippen LogP contribution in [0, 0.1) is 6.92 Å². The first kappa shape index (κ1) is 17.9. The summed E-state index contributed by atoms with van der Waals surface area (Å²) in [6, 6.07) is 16.9. The Bertz CT molecular complexity index is 1120. The minimum absolute atomic E-state index is 0.126. The summed E-state index contributed by atoms with van der Waals surface area (Å²) >= 11 is 0. The van der Waals surface area contributed by atoms with Gasteiger partial charge in [-0.1, -0.05) is 30.3 Å². The topological polar surface area (TPSA) is 63.2 Å². The Hall–Kier alpha value is -2.44. The van der Waals surface area contributed by atoms with Gasteiger partial charge in [0.15, 0.2) is 5.82 Å². The Morgan fingerprint density at radius 2 is 1.81 bits per heavy atom. The molecule has 1 atom stereocenters. The Kier molecular flexibility index (Phi) is 4.40. The highest BCUT2D eigenvalue weighted by molar-refractivity contribution is 8.13. The van der Waals surface area contributed by atoms with E-state index in [1.807, 2.05) is 43.3 Å². The van der Waals surface area contributed by atoms with E-state index in [1.54, 1.807) is 18.2 Å². The zero-order chi connectivity index (χ0) is 19.2. The number of aromatic nitrogens is 2. The van der Waals surface area contributed by atoms with E-state index in [1.165, 1.54) is 0 Å². The third-order valence-corrected chi connectivity index (χ3v) is 6.02. The molecule has 1 aliphatic heterocycles. The number of nitrogens with zero attached hydrogens (tertiary/aromatic N) is 3. The summed E-state index contributed by atoms with van der Waals surface area (Å²) in [5.74, 6) is 1.47. The average molecular weight is 400 g/mol. The first-order valence-electron chi connectivity index (χ1n) is 8.61. The highest BCUT2D eigenvalue weighted by Crippen LogP contribution is 2.39. The Labute approximate surface area is 163 Å². The summed E-state index contributed by atoms with van der Waals surface area (Å²) in [6.07, 6.45) is 0.722. The van der Waals surface area contributed by atoms with Crippen LogP contribution in [-0.2, 0) is 15.5 Å². The molecule has 0 amide bonds. The molecule has 27 heavy (non-hydrogen) atoms. The van der Waals surface area contributed by atoms with Crippen LogP contribution >= 0.6 is 10.7 Å². The van der Waals surface area contributed by atoms with E-state index in [4.69, 9.17) is 15.7 Å². The molecule has 0 fully saturated rings. The quantitative estimate of drug-likeness (QED) is 0.608. The molecule has 0 N–H and O–H groups in total. The maximum absolute atomic E-state index is 11.6. The van der Waals surface area contributed by atoms with Crippen LogP contribution in [0.25, 0.3) is 11.4 Å². The largest absolute Gasteiger partial charge is 0.323 e. The van der Waals surface area contributed by atoms with E-state index in [0.717, 1.165) is 34.7 Å². The normalized spacial score (nSPS) is 16.4. The lowest BCUT2D eigenvalue weighted by Crippen LogP contribution is -2.25. The van der Waals surface area contributed by atoms with Crippen molar-refractivity contribution >= 4 is 31.2 Å². The van der Waals surface area contributed by atoms with Crippen LogP contribution in [-0.4, -0.2) is 24.4 Å². The number of fused-ring (bicyclic) bond motifs is 1. The minimum atomic E-state index is -3.75. The van der Waals surface area contributed by atoms with Crippen LogP contribution in [0.15, 0.2) is 59.5 Å². The van der Waals surface area contributed by atoms with E-state index in [-0.39, 0.29) is 10.9 Å². The van der Waals surface area contributed by atoms with Crippen LogP contribution in [0.5, 0.6) is 0 Å². The summed E-state index contributed by atoms with van der Waals surface area (Å²) in [7, 11) is 1.75. The second-order valence-corrected chi connectivity index (χ2v) is 9.27. The molecule has 0 bridgehead atoms. The number of halogens is 1. The molecule has 0 radical (unpaired) electrons. The number of benzene rings is 2. The van der Waals surface area contributed by atoms with Gasteiger partial charge >= 0.3 is 0 Å². The van der Waals surface area contributed by atoms with E-state index in [9.17, 15) is 8.42 Å². The maximum atomic E-state index is 11.6. The Morgan fingerprint density at radius 3 is 2.52 bits per heavy atom. The SMILES string of the molecule is Cc1cc(N2c3ccc(S(=O)(=O)Cl)cc3CC2C)nc(-c2ccccc2)n1. The smallest absolute Gasteiger partial charge is 0.261 e. The second kappa shape index (κ2) is 6.62. The summed E-state index contributed by atoms with van der Waals surface area (Å²) < 4.78 is 23.3. The van der Waals surface area contributed by atoms with Crippen molar-refractivity contribution in [2.45, 2.75) is 31.2 Å². The van der Waals surface area contributed by atoms with Crippen molar-refractivity contribution < 1.29 is 8.42 Å². The van der Waals surface area contributed by atoms with E-state index in [0.29, 0.717) is 5.82 Å². The van der Waals surface area contributed by atoms with Gasteiger partial charge in [0.25, 0.3) is 9.05 Å². The molecule has 1 aromatic heterocycles. The second-order valence-electron chi connectivity index (χ2n) is 6.71. The predicted octanol–water partition coefficient (Wildman–Crippen LogP) is 4.46. The molecule has 5 nitrogen and oxygen atoms in total. The zero-order valence-electron chi connectivity index (χ0n) is 14.9. The Balaban J connectivity index is 1.80. The molecule has 1 unspecified atom stereocenters. The van der Waals surface area contributed by atoms with Gasteiger partial charge < -0.3 is 4.90 Å². The molecule has 1 aliphatic rings. The van der Waals surface area contributed by atoms with Gasteiger partial charge in [0.05, 0.1) is 4.90 Å².